The molecule has 4 fully saturated rings. The van der Waals surface area contributed by atoms with E-state index in [1.165, 1.54) is 19.3 Å². The van der Waals surface area contributed by atoms with Gasteiger partial charge in [0.25, 0.3) is 5.91 Å². The number of carbonyl (C=O) groups excluding carboxylic acids is 3. The van der Waals surface area contributed by atoms with Crippen molar-refractivity contribution in [2.24, 2.45) is 28.7 Å². The topological polar surface area (TPSA) is 149 Å². The number of amides is 3. The van der Waals surface area contributed by atoms with Gasteiger partial charge in [-0.3, -0.25) is 19.8 Å². The van der Waals surface area contributed by atoms with Gasteiger partial charge in [0.2, 0.25) is 0 Å². The predicted octanol–water partition coefficient (Wildman–Crippen LogP) is 0.841. The number of nitrogens with one attached hydrogen (secondary N) is 3. The van der Waals surface area contributed by atoms with Crippen molar-refractivity contribution in [1.29, 1.82) is 5.26 Å². The maximum absolute atomic E-state index is 13.4. The van der Waals surface area contributed by atoms with Crippen LogP contribution in [-0.4, -0.2) is 29.0 Å². The number of nitrogens with zero attached hydrogens (tertiary/aromatic N) is 2. The quantitative estimate of drug-likeness (QED) is 0.182. The summed E-state index contributed by atoms with van der Waals surface area (Å²) in [7, 11) is 0. The molecule has 9 heteroatoms. The van der Waals surface area contributed by atoms with Gasteiger partial charge in [0.05, 0.1) is 6.07 Å². The van der Waals surface area contributed by atoms with Gasteiger partial charge >= 0.3 is 11.8 Å². The minimum atomic E-state index is -1.12. The summed E-state index contributed by atoms with van der Waals surface area (Å²) in [5.41, 5.74) is 3.89. The highest BCUT2D eigenvalue weighted by Crippen LogP contribution is 2.55. The van der Waals surface area contributed by atoms with Crippen LogP contribution < -0.4 is 22.0 Å². The van der Waals surface area contributed by atoms with Crippen molar-refractivity contribution in [3.05, 3.63) is 35.9 Å². The van der Waals surface area contributed by atoms with Crippen LogP contribution in [0.1, 0.15) is 50.0 Å². The zero-order valence-corrected chi connectivity index (χ0v) is 17.1. The van der Waals surface area contributed by atoms with E-state index in [2.05, 4.69) is 21.9 Å². The summed E-state index contributed by atoms with van der Waals surface area (Å²) in [4.78, 5) is 36.6. The molecule has 162 valence electrons. The molecule has 0 radical (unpaired) electrons. The Balaban J connectivity index is 1.60. The number of rotatable bonds is 5. The first kappa shape index (κ1) is 21.0. The number of hydrogen-bond donors (Lipinski definition) is 4. The van der Waals surface area contributed by atoms with Crippen LogP contribution >= 0.6 is 0 Å². The summed E-state index contributed by atoms with van der Waals surface area (Å²) in [6.07, 6.45) is 6.48. The van der Waals surface area contributed by atoms with Crippen LogP contribution in [0, 0.1) is 29.1 Å². The van der Waals surface area contributed by atoms with Gasteiger partial charge in [-0.05, 0) is 61.8 Å². The maximum atomic E-state index is 13.4. The summed E-state index contributed by atoms with van der Waals surface area (Å²) < 4.78 is 0. The highest BCUT2D eigenvalue weighted by Gasteiger charge is 2.52. The van der Waals surface area contributed by atoms with Crippen molar-refractivity contribution in [1.82, 2.24) is 16.2 Å². The van der Waals surface area contributed by atoms with Crippen LogP contribution in [-0.2, 0) is 14.4 Å². The number of nitriles is 1. The molecule has 9 nitrogen and oxygen atoms in total. The van der Waals surface area contributed by atoms with E-state index >= 15 is 0 Å². The minimum absolute atomic E-state index is 0.150. The molecule has 0 heterocycles. The summed E-state index contributed by atoms with van der Waals surface area (Å²) in [5.74, 6) is 3.13. The van der Waals surface area contributed by atoms with Gasteiger partial charge in [0, 0.05) is 5.54 Å². The molecule has 5 N–H and O–H groups in total. The monoisotopic (exact) mass is 422 g/mol. The molecule has 3 amide bonds. The summed E-state index contributed by atoms with van der Waals surface area (Å²) >= 11 is 0. The largest absolute Gasteiger partial charge is 0.345 e. The van der Waals surface area contributed by atoms with E-state index in [1.807, 2.05) is 0 Å². The van der Waals surface area contributed by atoms with Gasteiger partial charge in [-0.2, -0.15) is 10.4 Å². The molecule has 1 aromatic rings. The Morgan fingerprint density at radius 1 is 1.00 bits per heavy atom. The van der Waals surface area contributed by atoms with Crippen molar-refractivity contribution >= 4 is 23.4 Å². The lowest BCUT2D eigenvalue weighted by atomic mass is 9.53. The molecule has 4 bridgehead atoms. The highest BCUT2D eigenvalue weighted by atomic mass is 16.2. The first-order valence-corrected chi connectivity index (χ1v) is 10.6. The van der Waals surface area contributed by atoms with Crippen LogP contribution in [0.15, 0.2) is 35.4 Å². The average Bonchev–Trinajstić information content (AvgIpc) is 2.75. The summed E-state index contributed by atoms with van der Waals surface area (Å²) in [6, 6.07) is 10.9. The summed E-state index contributed by atoms with van der Waals surface area (Å²) in [6.45, 7) is 0. The normalized spacial score (nSPS) is 29.5. The number of benzene rings is 1. The molecule has 4 aliphatic rings. The van der Waals surface area contributed by atoms with E-state index < -0.39 is 23.6 Å². The standard InChI is InChI=1S/C22H26N6O3/c23-12-17(16-4-2-1-3-5-16)18(27-28-21(31)20(30)26-24)19(29)25-22-9-13-6-14(10-22)8-15(7-13)11-22/h1-5,13-15,17H,6-11,24H2,(H,25,29)(H,26,30)(H,28,31)/b27-18+. The molecule has 0 saturated heterocycles. The van der Waals surface area contributed by atoms with Crippen LogP contribution in [0.4, 0.5) is 0 Å². The average molecular weight is 422 g/mol. The van der Waals surface area contributed by atoms with E-state index in [1.54, 1.807) is 35.8 Å². The number of hydrogen-bond acceptors (Lipinski definition) is 6. The number of hydrazone groups is 1. The van der Waals surface area contributed by atoms with E-state index in [9.17, 15) is 19.6 Å². The first-order valence-electron chi connectivity index (χ1n) is 10.6. The summed E-state index contributed by atoms with van der Waals surface area (Å²) in [5, 5.41) is 16.9. The zero-order chi connectivity index (χ0) is 22.0. The lowest BCUT2D eigenvalue weighted by molar-refractivity contribution is -0.139. The molecule has 1 atom stereocenters. The maximum Gasteiger partial charge on any atom is 0.330 e. The van der Waals surface area contributed by atoms with Crippen molar-refractivity contribution in [3.8, 4) is 6.07 Å². The number of hydrazine groups is 1. The van der Waals surface area contributed by atoms with Gasteiger partial charge < -0.3 is 5.32 Å². The lowest BCUT2D eigenvalue weighted by Gasteiger charge is -2.56. The molecule has 0 aliphatic heterocycles. The number of nitrogens with two attached hydrogens (primary N) is 1. The van der Waals surface area contributed by atoms with Crippen LogP contribution in [0.25, 0.3) is 0 Å². The van der Waals surface area contributed by atoms with Crippen molar-refractivity contribution in [3.63, 3.8) is 0 Å². The molecular formula is C22H26N6O3. The Labute approximate surface area is 180 Å². The molecule has 0 spiro atoms. The molecule has 4 aliphatic carbocycles. The van der Waals surface area contributed by atoms with Crippen molar-refractivity contribution < 1.29 is 14.4 Å². The van der Waals surface area contributed by atoms with E-state index in [4.69, 9.17) is 5.84 Å². The molecule has 1 unspecified atom stereocenters. The lowest BCUT2D eigenvalue weighted by Crippen LogP contribution is -2.61. The minimum Gasteiger partial charge on any atom is -0.345 e. The van der Waals surface area contributed by atoms with E-state index in [0.717, 1.165) is 19.3 Å². The van der Waals surface area contributed by atoms with Gasteiger partial charge in [0.15, 0.2) is 0 Å². The fraction of sp³-hybridized carbons (Fsp3) is 0.500. The Kier molecular flexibility index (Phi) is 5.74. The third-order valence-corrected chi connectivity index (χ3v) is 6.80. The van der Waals surface area contributed by atoms with Crippen LogP contribution in [0.2, 0.25) is 0 Å². The number of carbonyl (C=O) groups is 3. The molecular weight excluding hydrogens is 396 g/mol. The van der Waals surface area contributed by atoms with Gasteiger partial charge in [0.1, 0.15) is 11.6 Å². The second kappa shape index (κ2) is 8.47. The Bertz CT molecular complexity index is 916. The van der Waals surface area contributed by atoms with Crippen molar-refractivity contribution in [2.45, 2.75) is 50.0 Å². The molecule has 1 aromatic carbocycles. The second-order valence-electron chi connectivity index (χ2n) is 9.04. The van der Waals surface area contributed by atoms with E-state index in [-0.39, 0.29) is 11.3 Å². The van der Waals surface area contributed by atoms with Crippen molar-refractivity contribution in [2.75, 3.05) is 0 Å². The third kappa shape index (κ3) is 4.30. The first-order chi connectivity index (χ1) is 14.9. The van der Waals surface area contributed by atoms with Crippen LogP contribution in [0.5, 0.6) is 0 Å². The predicted molar refractivity (Wildman–Crippen MR) is 112 cm³/mol. The van der Waals surface area contributed by atoms with Gasteiger partial charge in [-0.15, -0.1) is 0 Å². The second-order valence-corrected chi connectivity index (χ2v) is 9.04. The molecule has 0 aromatic heterocycles. The Morgan fingerprint density at radius 3 is 2.10 bits per heavy atom. The van der Waals surface area contributed by atoms with Gasteiger partial charge in [-0.25, -0.2) is 11.3 Å². The van der Waals surface area contributed by atoms with Crippen LogP contribution in [0.3, 0.4) is 0 Å². The Morgan fingerprint density at radius 2 is 1.58 bits per heavy atom. The molecule has 4 saturated carbocycles. The SMILES string of the molecule is N#CC(/C(=N\NC(=O)C(=O)NN)C(=O)NC12CC3CC(CC(C3)C1)C2)c1ccccc1. The fourth-order valence-electron chi connectivity index (χ4n) is 5.98. The smallest absolute Gasteiger partial charge is 0.330 e. The highest BCUT2D eigenvalue weighted by molar-refractivity contribution is 6.42. The van der Waals surface area contributed by atoms with E-state index in [0.29, 0.717) is 23.3 Å². The molecule has 31 heavy (non-hydrogen) atoms. The zero-order valence-electron chi connectivity index (χ0n) is 17.1. The third-order valence-electron chi connectivity index (χ3n) is 6.80. The Hall–Kier alpha value is -3.25. The fourth-order valence-corrected chi connectivity index (χ4v) is 5.98. The van der Waals surface area contributed by atoms with Gasteiger partial charge in [-0.1, -0.05) is 30.3 Å². The molecule has 5 rings (SSSR count).